The van der Waals surface area contributed by atoms with Gasteiger partial charge in [0, 0.05) is 18.0 Å². The fourth-order valence-electron chi connectivity index (χ4n) is 2.23. The van der Waals surface area contributed by atoms with Crippen molar-refractivity contribution in [1.82, 2.24) is 4.98 Å². The topological polar surface area (TPSA) is 71.6 Å². The number of carboxylic acid groups (broad SMARTS) is 1. The number of ether oxygens (including phenoxy) is 2. The largest absolute Gasteiger partial charge is 0.496 e. The number of methoxy groups -OCH3 is 2. The number of hydrogen-bond donors (Lipinski definition) is 2. The number of aromatic nitrogens is 1. The van der Waals surface area contributed by atoms with Crippen LogP contribution in [-0.4, -0.2) is 30.3 Å². The molecule has 2 rings (SSSR count). The number of carbonyl (C=O) groups is 1. The summed E-state index contributed by atoms with van der Waals surface area (Å²) in [5.41, 5.74) is 1.93. The summed E-state index contributed by atoms with van der Waals surface area (Å²) in [7, 11) is 3.24. The minimum atomic E-state index is -0.774. The summed E-state index contributed by atoms with van der Waals surface area (Å²) < 4.78 is 10.7. The highest BCUT2D eigenvalue weighted by atomic mass is 16.5. The van der Waals surface area contributed by atoms with Crippen molar-refractivity contribution in [3.8, 4) is 11.5 Å². The van der Waals surface area contributed by atoms with Gasteiger partial charge in [-0.3, -0.25) is 4.79 Å². The minimum absolute atomic E-state index is 0.166. The van der Waals surface area contributed by atoms with Gasteiger partial charge in [0.25, 0.3) is 0 Å². The average Bonchev–Trinajstić information content (AvgIpc) is 2.82. The van der Waals surface area contributed by atoms with E-state index < -0.39 is 5.97 Å². The van der Waals surface area contributed by atoms with Crippen molar-refractivity contribution in [2.45, 2.75) is 19.3 Å². The van der Waals surface area contributed by atoms with Gasteiger partial charge in [-0.2, -0.15) is 0 Å². The van der Waals surface area contributed by atoms with E-state index in [1.807, 2.05) is 18.3 Å². The lowest BCUT2D eigenvalue weighted by molar-refractivity contribution is -0.137. The van der Waals surface area contributed by atoms with Crippen LogP contribution < -0.4 is 9.47 Å². The molecule has 2 aromatic rings. The SMILES string of the molecule is COc1ccc(OC)c2c(CCCC(=O)O)c[nH]c12. The van der Waals surface area contributed by atoms with Gasteiger partial charge in [-0.05, 0) is 30.5 Å². The van der Waals surface area contributed by atoms with Crippen molar-refractivity contribution in [2.24, 2.45) is 0 Å². The molecule has 0 aliphatic rings. The zero-order chi connectivity index (χ0) is 13.8. The number of aromatic amines is 1. The number of aliphatic carboxylic acids is 1. The molecule has 2 N–H and O–H groups in total. The molecule has 0 saturated heterocycles. The zero-order valence-electron chi connectivity index (χ0n) is 11.0. The van der Waals surface area contributed by atoms with E-state index in [1.54, 1.807) is 14.2 Å². The molecule has 19 heavy (non-hydrogen) atoms. The lowest BCUT2D eigenvalue weighted by Gasteiger charge is -2.07. The number of nitrogens with one attached hydrogen (secondary N) is 1. The van der Waals surface area contributed by atoms with E-state index in [0.717, 1.165) is 28.0 Å². The Kier molecular flexibility index (Phi) is 3.94. The fraction of sp³-hybridized carbons (Fsp3) is 0.357. The van der Waals surface area contributed by atoms with Gasteiger partial charge in [-0.15, -0.1) is 0 Å². The minimum Gasteiger partial charge on any atom is -0.496 e. The summed E-state index contributed by atoms with van der Waals surface area (Å²) >= 11 is 0. The van der Waals surface area contributed by atoms with E-state index >= 15 is 0 Å². The molecule has 1 heterocycles. The number of fused-ring (bicyclic) bond motifs is 1. The quantitative estimate of drug-likeness (QED) is 0.840. The van der Waals surface area contributed by atoms with Gasteiger partial charge in [0.05, 0.1) is 19.7 Å². The van der Waals surface area contributed by atoms with Gasteiger partial charge in [-0.1, -0.05) is 0 Å². The van der Waals surface area contributed by atoms with Gasteiger partial charge in [-0.25, -0.2) is 0 Å². The highest BCUT2D eigenvalue weighted by Crippen LogP contribution is 2.35. The molecule has 1 aromatic heterocycles. The van der Waals surface area contributed by atoms with Crippen molar-refractivity contribution in [3.63, 3.8) is 0 Å². The Morgan fingerprint density at radius 3 is 2.58 bits per heavy atom. The second kappa shape index (κ2) is 5.65. The molecule has 0 amide bonds. The number of rotatable bonds is 6. The smallest absolute Gasteiger partial charge is 0.303 e. The van der Waals surface area contributed by atoms with Gasteiger partial charge >= 0.3 is 5.97 Å². The fourth-order valence-corrected chi connectivity index (χ4v) is 2.23. The van der Waals surface area contributed by atoms with Crippen LogP contribution in [-0.2, 0) is 11.2 Å². The maximum Gasteiger partial charge on any atom is 0.303 e. The Morgan fingerprint density at radius 2 is 1.95 bits per heavy atom. The number of H-pyrrole nitrogens is 1. The molecule has 0 fully saturated rings. The summed E-state index contributed by atoms with van der Waals surface area (Å²) in [6, 6.07) is 3.70. The summed E-state index contributed by atoms with van der Waals surface area (Å²) in [5, 5.41) is 9.65. The first-order chi connectivity index (χ1) is 9.17. The average molecular weight is 263 g/mol. The van der Waals surface area contributed by atoms with E-state index in [2.05, 4.69) is 4.98 Å². The van der Waals surface area contributed by atoms with Crippen molar-refractivity contribution in [3.05, 3.63) is 23.9 Å². The highest BCUT2D eigenvalue weighted by molar-refractivity contribution is 5.93. The molecular formula is C14H17NO4. The van der Waals surface area contributed by atoms with Crippen LogP contribution in [0.25, 0.3) is 10.9 Å². The van der Waals surface area contributed by atoms with Gasteiger partial charge in [0.1, 0.15) is 11.5 Å². The van der Waals surface area contributed by atoms with E-state index in [-0.39, 0.29) is 6.42 Å². The molecule has 5 nitrogen and oxygen atoms in total. The Hall–Kier alpha value is -2.17. The number of benzene rings is 1. The predicted molar refractivity (Wildman–Crippen MR) is 72.0 cm³/mol. The van der Waals surface area contributed by atoms with Gasteiger partial charge in [0.15, 0.2) is 0 Å². The maximum absolute atomic E-state index is 10.6. The molecular weight excluding hydrogens is 246 g/mol. The molecule has 0 unspecified atom stereocenters. The molecule has 5 heteroatoms. The number of hydrogen-bond acceptors (Lipinski definition) is 3. The second-order valence-corrected chi connectivity index (χ2v) is 4.28. The predicted octanol–water partition coefficient (Wildman–Crippen LogP) is 2.59. The van der Waals surface area contributed by atoms with Crippen LogP contribution in [0.4, 0.5) is 0 Å². The number of aryl methyl sites for hydroxylation is 1. The normalized spacial score (nSPS) is 10.6. The summed E-state index contributed by atoms with van der Waals surface area (Å²) in [4.78, 5) is 13.7. The third-order valence-corrected chi connectivity index (χ3v) is 3.12. The van der Waals surface area contributed by atoms with Crippen LogP contribution in [0.5, 0.6) is 11.5 Å². The molecule has 0 bridgehead atoms. The number of carboxylic acids is 1. The summed E-state index contributed by atoms with van der Waals surface area (Å²) in [6.45, 7) is 0. The Labute approximate surface area is 111 Å². The lowest BCUT2D eigenvalue weighted by atomic mass is 10.1. The first kappa shape index (κ1) is 13.3. The first-order valence-electron chi connectivity index (χ1n) is 6.10. The maximum atomic E-state index is 10.6. The van der Waals surface area contributed by atoms with Crippen molar-refractivity contribution in [1.29, 1.82) is 0 Å². The third kappa shape index (κ3) is 2.65. The molecule has 0 saturated carbocycles. The Morgan fingerprint density at radius 1 is 1.26 bits per heavy atom. The van der Waals surface area contributed by atoms with Crippen LogP contribution in [0.15, 0.2) is 18.3 Å². The van der Waals surface area contributed by atoms with Crippen molar-refractivity contribution in [2.75, 3.05) is 14.2 Å². The molecule has 0 aliphatic heterocycles. The summed E-state index contributed by atoms with van der Waals surface area (Å²) in [5.74, 6) is 0.743. The van der Waals surface area contributed by atoms with Crippen molar-refractivity contribution >= 4 is 16.9 Å². The first-order valence-corrected chi connectivity index (χ1v) is 6.10. The molecule has 102 valence electrons. The van der Waals surface area contributed by atoms with Crippen LogP contribution in [0, 0.1) is 0 Å². The molecule has 0 radical (unpaired) electrons. The highest BCUT2D eigenvalue weighted by Gasteiger charge is 2.13. The molecule has 0 aliphatic carbocycles. The monoisotopic (exact) mass is 263 g/mol. The van der Waals surface area contributed by atoms with Crippen LogP contribution in [0.1, 0.15) is 18.4 Å². The van der Waals surface area contributed by atoms with Gasteiger partial charge < -0.3 is 19.6 Å². The third-order valence-electron chi connectivity index (χ3n) is 3.12. The molecule has 0 spiro atoms. The van der Waals surface area contributed by atoms with E-state index in [4.69, 9.17) is 14.6 Å². The van der Waals surface area contributed by atoms with Gasteiger partial charge in [0.2, 0.25) is 0 Å². The second-order valence-electron chi connectivity index (χ2n) is 4.28. The van der Waals surface area contributed by atoms with Crippen LogP contribution in [0.3, 0.4) is 0 Å². The molecule has 1 aromatic carbocycles. The van der Waals surface area contributed by atoms with E-state index in [9.17, 15) is 4.79 Å². The van der Waals surface area contributed by atoms with Crippen molar-refractivity contribution < 1.29 is 19.4 Å². The van der Waals surface area contributed by atoms with E-state index in [0.29, 0.717) is 12.8 Å². The van der Waals surface area contributed by atoms with E-state index in [1.165, 1.54) is 0 Å². The van der Waals surface area contributed by atoms with Crippen LogP contribution >= 0.6 is 0 Å². The lowest BCUT2D eigenvalue weighted by Crippen LogP contribution is -1.96. The standard InChI is InChI=1S/C14H17NO4/c1-18-10-6-7-11(19-2)14-13(10)9(8-15-14)4-3-5-12(16)17/h6-8,15H,3-5H2,1-2H3,(H,16,17). The Balaban J connectivity index is 2.36. The zero-order valence-corrected chi connectivity index (χ0v) is 11.0. The Bertz CT molecular complexity index is 588. The molecule has 0 atom stereocenters. The van der Waals surface area contributed by atoms with Crippen LogP contribution in [0.2, 0.25) is 0 Å². The summed E-state index contributed by atoms with van der Waals surface area (Å²) in [6.07, 6.45) is 3.34.